The van der Waals surface area contributed by atoms with Crippen molar-refractivity contribution in [2.75, 3.05) is 23.3 Å². The van der Waals surface area contributed by atoms with Gasteiger partial charge in [-0.2, -0.15) is 0 Å². The zero-order valence-electron chi connectivity index (χ0n) is 18.1. The van der Waals surface area contributed by atoms with Crippen molar-refractivity contribution >= 4 is 28.1 Å². The molecule has 0 amide bonds. The van der Waals surface area contributed by atoms with Crippen molar-refractivity contribution in [2.24, 2.45) is 0 Å². The molecule has 7 heteroatoms. The minimum atomic E-state index is -0.716. The summed E-state index contributed by atoms with van der Waals surface area (Å²) in [6, 6.07) is 11.3. The van der Waals surface area contributed by atoms with Crippen LogP contribution in [0.5, 0.6) is 0 Å². The van der Waals surface area contributed by atoms with Crippen LogP contribution in [0.3, 0.4) is 0 Å². The Balaban J connectivity index is 1.41. The van der Waals surface area contributed by atoms with Crippen LogP contribution in [0.4, 0.5) is 21.6 Å². The predicted octanol–water partition coefficient (Wildman–Crippen LogP) is 4.75. The first kappa shape index (κ1) is 20.9. The molecule has 2 fully saturated rings. The zero-order chi connectivity index (χ0) is 22.1. The first-order chi connectivity index (χ1) is 15.6. The maximum Gasteiger partial charge on any atom is 0.287 e. The molecule has 6 nitrogen and oxygen atoms in total. The fourth-order valence-corrected chi connectivity index (χ4v) is 5.00. The maximum absolute atomic E-state index is 14.3. The van der Waals surface area contributed by atoms with Crippen LogP contribution in [0.25, 0.3) is 10.9 Å². The molecule has 5 rings (SSSR count). The normalized spacial score (nSPS) is 18.2. The molecule has 3 aromatic rings. The summed E-state index contributed by atoms with van der Waals surface area (Å²) in [5.41, 5.74) is 2.21. The number of rotatable bonds is 4. The predicted molar refractivity (Wildman–Crippen MR) is 125 cm³/mol. The average molecular weight is 437 g/mol. The summed E-state index contributed by atoms with van der Waals surface area (Å²) in [6.45, 7) is 1.71. The Morgan fingerprint density at radius 3 is 2.44 bits per heavy atom. The highest BCUT2D eigenvalue weighted by molar-refractivity contribution is 5.81. The van der Waals surface area contributed by atoms with E-state index in [9.17, 15) is 14.3 Å². The first-order valence-electron chi connectivity index (χ1n) is 11.6. The van der Waals surface area contributed by atoms with Crippen LogP contribution in [0.2, 0.25) is 0 Å². The molecule has 2 N–H and O–H groups in total. The lowest BCUT2D eigenvalue weighted by atomic mass is 9.95. The van der Waals surface area contributed by atoms with E-state index < -0.39 is 11.4 Å². The fourth-order valence-electron chi connectivity index (χ4n) is 5.00. The molecule has 1 aliphatic carbocycles. The van der Waals surface area contributed by atoms with Gasteiger partial charge in [0.05, 0.1) is 11.6 Å². The number of hydrogen-bond donors (Lipinski definition) is 2. The number of fused-ring (bicyclic) bond motifs is 1. The number of hydrogen-bond acceptors (Lipinski definition) is 5. The number of aromatic nitrogens is 2. The van der Waals surface area contributed by atoms with E-state index in [0.717, 1.165) is 68.5 Å². The van der Waals surface area contributed by atoms with Crippen LogP contribution < -0.4 is 15.8 Å². The standard InChI is InChI=1S/C25H29FN4O2/c26-22-14-17-16-27-24(15-23(17)30(25(22)32)20-4-2-1-3-5-20)28-18-6-8-19(9-7-18)29-12-10-21(31)11-13-29/h6-9,14-16,20-21,31H,1-5,10-13H2,(H,27,28). The van der Waals surface area contributed by atoms with Crippen molar-refractivity contribution in [1.29, 1.82) is 0 Å². The van der Waals surface area contributed by atoms with Gasteiger partial charge < -0.3 is 19.9 Å². The quantitative estimate of drug-likeness (QED) is 0.618. The van der Waals surface area contributed by atoms with Crippen LogP contribution >= 0.6 is 0 Å². The van der Waals surface area contributed by atoms with Gasteiger partial charge in [-0.25, -0.2) is 9.37 Å². The molecule has 1 aromatic carbocycles. The van der Waals surface area contributed by atoms with Gasteiger partial charge in [0.25, 0.3) is 5.56 Å². The third-order valence-corrected chi connectivity index (χ3v) is 6.79. The molecule has 1 saturated carbocycles. The zero-order valence-corrected chi connectivity index (χ0v) is 18.1. The number of benzene rings is 1. The summed E-state index contributed by atoms with van der Waals surface area (Å²) in [7, 11) is 0. The smallest absolute Gasteiger partial charge is 0.287 e. The average Bonchev–Trinajstić information content (AvgIpc) is 2.82. The molecule has 0 atom stereocenters. The Kier molecular flexibility index (Phi) is 5.83. The molecule has 32 heavy (non-hydrogen) atoms. The molecule has 2 aromatic heterocycles. The van der Waals surface area contributed by atoms with Gasteiger partial charge in [-0.15, -0.1) is 0 Å². The van der Waals surface area contributed by atoms with Crippen LogP contribution in [0, 0.1) is 5.82 Å². The van der Waals surface area contributed by atoms with E-state index >= 15 is 0 Å². The number of nitrogens with zero attached hydrogens (tertiary/aromatic N) is 3. The Hall–Kier alpha value is -2.93. The van der Waals surface area contributed by atoms with Gasteiger partial charge in [0.15, 0.2) is 5.82 Å². The molecule has 0 spiro atoms. The third-order valence-electron chi connectivity index (χ3n) is 6.79. The number of nitrogens with one attached hydrogen (secondary N) is 1. The van der Waals surface area contributed by atoms with Crippen molar-refractivity contribution in [1.82, 2.24) is 9.55 Å². The van der Waals surface area contributed by atoms with Crippen molar-refractivity contribution in [3.05, 3.63) is 58.8 Å². The summed E-state index contributed by atoms with van der Waals surface area (Å²) in [4.78, 5) is 19.4. The van der Waals surface area contributed by atoms with Crippen LogP contribution in [-0.4, -0.2) is 33.9 Å². The van der Waals surface area contributed by atoms with E-state index in [1.54, 1.807) is 10.8 Å². The highest BCUT2D eigenvalue weighted by Gasteiger charge is 2.21. The molecule has 0 radical (unpaired) electrons. The molecule has 1 aliphatic heterocycles. The Morgan fingerprint density at radius 2 is 1.72 bits per heavy atom. The molecular formula is C25H29FN4O2. The first-order valence-corrected chi connectivity index (χ1v) is 11.6. The lowest BCUT2D eigenvalue weighted by Gasteiger charge is -2.31. The van der Waals surface area contributed by atoms with Crippen molar-refractivity contribution in [2.45, 2.75) is 57.1 Å². The summed E-state index contributed by atoms with van der Waals surface area (Å²) in [5.74, 6) is -0.0895. The molecule has 0 bridgehead atoms. The van der Waals surface area contributed by atoms with Gasteiger partial charge >= 0.3 is 0 Å². The summed E-state index contributed by atoms with van der Waals surface area (Å²) < 4.78 is 16.0. The fraction of sp³-hybridized carbons (Fsp3) is 0.440. The van der Waals surface area contributed by atoms with Gasteiger partial charge in [0, 0.05) is 48.2 Å². The lowest BCUT2D eigenvalue weighted by molar-refractivity contribution is 0.145. The van der Waals surface area contributed by atoms with Crippen LogP contribution in [-0.2, 0) is 0 Å². The van der Waals surface area contributed by atoms with E-state index in [0.29, 0.717) is 11.2 Å². The second-order valence-electron chi connectivity index (χ2n) is 8.98. The maximum atomic E-state index is 14.3. The Bertz CT molecular complexity index is 1150. The van der Waals surface area contributed by atoms with E-state index in [1.165, 1.54) is 12.5 Å². The lowest BCUT2D eigenvalue weighted by Crippen LogP contribution is -2.35. The number of piperidine rings is 1. The minimum Gasteiger partial charge on any atom is -0.393 e. The van der Waals surface area contributed by atoms with Gasteiger partial charge in [-0.1, -0.05) is 19.3 Å². The molecular weight excluding hydrogens is 407 g/mol. The third kappa shape index (κ3) is 4.21. The van der Waals surface area contributed by atoms with Crippen molar-refractivity contribution in [3.63, 3.8) is 0 Å². The summed E-state index contributed by atoms with van der Waals surface area (Å²) >= 11 is 0. The molecule has 2 aliphatic rings. The second kappa shape index (κ2) is 8.90. The number of aliphatic hydroxyl groups excluding tert-OH is 1. The van der Waals surface area contributed by atoms with E-state index in [1.807, 2.05) is 18.2 Å². The van der Waals surface area contributed by atoms with Gasteiger partial charge in [-0.3, -0.25) is 4.79 Å². The Labute approximate surface area is 186 Å². The highest BCUT2D eigenvalue weighted by Crippen LogP contribution is 2.31. The highest BCUT2D eigenvalue weighted by atomic mass is 19.1. The number of pyridine rings is 2. The van der Waals surface area contributed by atoms with Crippen LogP contribution in [0.1, 0.15) is 51.0 Å². The largest absolute Gasteiger partial charge is 0.393 e. The monoisotopic (exact) mass is 436 g/mol. The Morgan fingerprint density at radius 1 is 1.00 bits per heavy atom. The van der Waals surface area contributed by atoms with Gasteiger partial charge in [0.1, 0.15) is 5.82 Å². The van der Waals surface area contributed by atoms with E-state index in [-0.39, 0.29) is 12.1 Å². The molecule has 3 heterocycles. The van der Waals surface area contributed by atoms with Crippen molar-refractivity contribution in [3.8, 4) is 0 Å². The number of halogens is 1. The summed E-state index contributed by atoms with van der Waals surface area (Å²) in [5, 5.41) is 13.7. The molecule has 1 saturated heterocycles. The SMILES string of the molecule is O=c1c(F)cc2cnc(Nc3ccc(N4CCC(O)CC4)cc3)cc2n1C1CCCCC1. The van der Waals surface area contributed by atoms with Gasteiger partial charge in [-0.05, 0) is 56.0 Å². The van der Waals surface area contributed by atoms with Gasteiger partial charge in [0.2, 0.25) is 0 Å². The number of anilines is 3. The van der Waals surface area contributed by atoms with E-state index in [2.05, 4.69) is 27.3 Å². The topological polar surface area (TPSA) is 70.4 Å². The number of aliphatic hydroxyl groups is 1. The van der Waals surface area contributed by atoms with Crippen LogP contribution in [0.15, 0.2) is 47.4 Å². The summed E-state index contributed by atoms with van der Waals surface area (Å²) in [6.07, 6.45) is 8.13. The minimum absolute atomic E-state index is 0.0343. The second-order valence-corrected chi connectivity index (χ2v) is 8.98. The molecule has 0 unspecified atom stereocenters. The van der Waals surface area contributed by atoms with E-state index in [4.69, 9.17) is 0 Å². The van der Waals surface area contributed by atoms with Crippen molar-refractivity contribution < 1.29 is 9.50 Å². The molecule has 168 valence electrons.